The molecule has 170 valence electrons. The van der Waals surface area contributed by atoms with E-state index in [0.29, 0.717) is 0 Å². The molecule has 1 N–H and O–H groups in total. The Balaban J connectivity index is 1.33. The molecule has 2 heteroatoms. The molecule has 36 heavy (non-hydrogen) atoms. The molecule has 0 unspecified atom stereocenters. The Kier molecular flexibility index (Phi) is 4.09. The lowest BCUT2D eigenvalue weighted by Crippen LogP contribution is -2.01. The number of rotatable bonds is 2. The van der Waals surface area contributed by atoms with Crippen molar-refractivity contribution < 1.29 is 0 Å². The molecule has 1 aliphatic heterocycles. The van der Waals surface area contributed by atoms with E-state index in [-0.39, 0.29) is 0 Å². The first-order valence-electron chi connectivity index (χ1n) is 12.7. The molecule has 8 rings (SSSR count). The number of hydrogen-bond donors (Lipinski definition) is 1. The van der Waals surface area contributed by atoms with Gasteiger partial charge in [-0.05, 0) is 77.4 Å². The first kappa shape index (κ1) is 19.7. The molecule has 0 saturated carbocycles. The largest absolute Gasteiger partial charge is 0.354 e. The van der Waals surface area contributed by atoms with E-state index >= 15 is 0 Å². The van der Waals surface area contributed by atoms with Crippen molar-refractivity contribution in [2.24, 2.45) is 0 Å². The Morgan fingerprint density at radius 2 is 1.47 bits per heavy atom. The van der Waals surface area contributed by atoms with Crippen LogP contribution in [0.15, 0.2) is 115 Å². The number of allylic oxidation sites excluding steroid dienone is 4. The van der Waals surface area contributed by atoms with E-state index in [1.807, 2.05) is 0 Å². The van der Waals surface area contributed by atoms with Crippen LogP contribution in [0.5, 0.6) is 0 Å². The van der Waals surface area contributed by atoms with Crippen LogP contribution in [-0.4, -0.2) is 4.57 Å². The van der Waals surface area contributed by atoms with Crippen LogP contribution in [0.1, 0.15) is 12.8 Å². The van der Waals surface area contributed by atoms with Crippen molar-refractivity contribution in [1.29, 1.82) is 0 Å². The van der Waals surface area contributed by atoms with Crippen LogP contribution in [0, 0.1) is 0 Å². The molecule has 2 heterocycles. The van der Waals surface area contributed by atoms with Gasteiger partial charge in [0.25, 0.3) is 0 Å². The van der Waals surface area contributed by atoms with Crippen molar-refractivity contribution in [2.45, 2.75) is 12.8 Å². The third kappa shape index (κ3) is 2.79. The molecule has 5 aromatic carbocycles. The third-order valence-electron chi connectivity index (χ3n) is 7.77. The molecule has 0 bridgehead atoms. The fourth-order valence-corrected chi connectivity index (χ4v) is 6.11. The van der Waals surface area contributed by atoms with Gasteiger partial charge < -0.3 is 9.88 Å². The van der Waals surface area contributed by atoms with Gasteiger partial charge in [0.05, 0.1) is 11.0 Å². The minimum Gasteiger partial charge on any atom is -0.354 e. The van der Waals surface area contributed by atoms with Crippen molar-refractivity contribution in [3.8, 4) is 22.3 Å². The van der Waals surface area contributed by atoms with Crippen LogP contribution in [-0.2, 0) is 0 Å². The molecule has 0 spiro atoms. The molecular formula is C34H24N2. The van der Waals surface area contributed by atoms with Gasteiger partial charge in [0.2, 0.25) is 0 Å². The highest BCUT2D eigenvalue weighted by atomic mass is 15.0. The second-order valence-corrected chi connectivity index (χ2v) is 9.80. The molecule has 2 aliphatic rings. The van der Waals surface area contributed by atoms with E-state index in [2.05, 4.69) is 125 Å². The zero-order chi connectivity index (χ0) is 23.6. The van der Waals surface area contributed by atoms with E-state index in [4.69, 9.17) is 0 Å². The molecule has 0 radical (unpaired) electrons. The van der Waals surface area contributed by atoms with E-state index in [1.54, 1.807) is 0 Å². The van der Waals surface area contributed by atoms with E-state index in [1.165, 1.54) is 71.9 Å². The van der Waals surface area contributed by atoms with E-state index in [9.17, 15) is 0 Å². The van der Waals surface area contributed by atoms with Gasteiger partial charge in [0.15, 0.2) is 0 Å². The first-order valence-corrected chi connectivity index (χ1v) is 12.7. The summed E-state index contributed by atoms with van der Waals surface area (Å²) in [7, 11) is 0. The molecule has 2 nitrogen and oxygen atoms in total. The number of nitrogens with zero attached hydrogens (tertiary/aromatic N) is 1. The summed E-state index contributed by atoms with van der Waals surface area (Å²) in [6.45, 7) is 0. The van der Waals surface area contributed by atoms with Crippen molar-refractivity contribution in [2.75, 3.05) is 5.32 Å². The topological polar surface area (TPSA) is 17.0 Å². The van der Waals surface area contributed by atoms with Gasteiger partial charge >= 0.3 is 0 Å². The monoisotopic (exact) mass is 460 g/mol. The lowest BCUT2D eigenvalue weighted by Gasteiger charge is -2.23. The lowest BCUT2D eigenvalue weighted by molar-refractivity contribution is 0.979. The number of anilines is 2. The smallest absolute Gasteiger partial charge is 0.0538 e. The minimum absolute atomic E-state index is 1.07. The maximum Gasteiger partial charge on any atom is 0.0538 e. The predicted octanol–water partition coefficient (Wildman–Crippen LogP) is 9.53. The SMILES string of the molecule is C1=CCCC(n2c3ccccc3c3cc(-c4ccc5c(c4)-c4cccc6cccc(c46)N5)ccc32)=C1. The standard InChI is InChI=1S/C34H24N2/c1-2-10-25(11-3-1)36-32-15-5-4-12-26(32)29-21-24(17-19-33(29)36)23-16-18-30-28(20-23)27-13-6-8-22-9-7-14-31(35-30)34(22)27/h1-2,4-10,12-21,35H,3,11H2. The summed E-state index contributed by atoms with van der Waals surface area (Å²) >= 11 is 0. The van der Waals surface area contributed by atoms with Crippen molar-refractivity contribution in [3.05, 3.63) is 115 Å². The summed E-state index contributed by atoms with van der Waals surface area (Å²) in [5.74, 6) is 0. The maximum absolute atomic E-state index is 3.66. The highest BCUT2D eigenvalue weighted by Gasteiger charge is 2.19. The normalized spacial score (nSPS) is 14.2. The molecule has 1 aliphatic carbocycles. The number of fused-ring (bicyclic) bond motifs is 5. The summed E-state index contributed by atoms with van der Waals surface area (Å²) in [6, 6.07) is 35.7. The Labute approximate surface area is 209 Å². The van der Waals surface area contributed by atoms with E-state index < -0.39 is 0 Å². The summed E-state index contributed by atoms with van der Waals surface area (Å²) in [6.07, 6.45) is 8.86. The Morgan fingerprint density at radius 3 is 2.39 bits per heavy atom. The average molecular weight is 461 g/mol. The van der Waals surface area contributed by atoms with Gasteiger partial charge in [-0.25, -0.2) is 0 Å². The van der Waals surface area contributed by atoms with Crippen LogP contribution < -0.4 is 5.32 Å². The zero-order valence-corrected chi connectivity index (χ0v) is 19.8. The quantitative estimate of drug-likeness (QED) is 0.272. The Bertz CT molecular complexity index is 1910. The predicted molar refractivity (Wildman–Crippen MR) is 154 cm³/mol. The van der Waals surface area contributed by atoms with Crippen LogP contribution in [0.25, 0.3) is 60.5 Å². The Hall–Kier alpha value is -4.56. The summed E-state index contributed by atoms with van der Waals surface area (Å²) < 4.78 is 2.45. The zero-order valence-electron chi connectivity index (χ0n) is 19.8. The molecule has 0 saturated heterocycles. The number of aromatic nitrogens is 1. The van der Waals surface area contributed by atoms with Gasteiger partial charge in [-0.3, -0.25) is 0 Å². The van der Waals surface area contributed by atoms with Gasteiger partial charge in [0, 0.05) is 38.8 Å². The van der Waals surface area contributed by atoms with Crippen LogP contribution >= 0.6 is 0 Å². The summed E-state index contributed by atoms with van der Waals surface area (Å²) in [4.78, 5) is 0. The highest BCUT2D eigenvalue weighted by Crippen LogP contribution is 2.45. The van der Waals surface area contributed by atoms with Crippen LogP contribution in [0.4, 0.5) is 11.4 Å². The van der Waals surface area contributed by atoms with E-state index in [0.717, 1.165) is 12.8 Å². The van der Waals surface area contributed by atoms with Crippen molar-refractivity contribution >= 4 is 49.7 Å². The highest BCUT2D eigenvalue weighted by molar-refractivity contribution is 6.13. The molecular weight excluding hydrogens is 436 g/mol. The van der Waals surface area contributed by atoms with Gasteiger partial charge in [-0.15, -0.1) is 0 Å². The fourth-order valence-electron chi connectivity index (χ4n) is 6.11. The van der Waals surface area contributed by atoms with Gasteiger partial charge in [-0.1, -0.05) is 72.8 Å². The molecule has 0 fully saturated rings. The summed E-state index contributed by atoms with van der Waals surface area (Å²) in [5, 5.41) is 8.85. The van der Waals surface area contributed by atoms with Gasteiger partial charge in [-0.2, -0.15) is 0 Å². The molecule has 6 aromatic rings. The second kappa shape index (κ2) is 7.47. The van der Waals surface area contributed by atoms with Crippen molar-refractivity contribution in [1.82, 2.24) is 4.57 Å². The maximum atomic E-state index is 3.66. The van der Waals surface area contributed by atoms with Crippen LogP contribution in [0.2, 0.25) is 0 Å². The Morgan fingerprint density at radius 1 is 0.639 bits per heavy atom. The number of hydrogen-bond acceptors (Lipinski definition) is 1. The second-order valence-electron chi connectivity index (χ2n) is 9.80. The molecule has 0 atom stereocenters. The number of benzene rings is 5. The van der Waals surface area contributed by atoms with Crippen molar-refractivity contribution in [3.63, 3.8) is 0 Å². The summed E-state index contributed by atoms with van der Waals surface area (Å²) in [5.41, 5.74) is 11.3. The molecule has 0 amide bonds. The number of nitrogens with one attached hydrogen (secondary N) is 1. The third-order valence-corrected chi connectivity index (χ3v) is 7.77. The average Bonchev–Trinajstić information content (AvgIpc) is 3.27. The van der Waals surface area contributed by atoms with Crippen LogP contribution in [0.3, 0.4) is 0 Å². The number of para-hydroxylation sites is 1. The fraction of sp³-hybridized carbons (Fsp3) is 0.0588. The lowest BCUT2D eigenvalue weighted by atomic mass is 9.90. The minimum atomic E-state index is 1.07. The van der Waals surface area contributed by atoms with Gasteiger partial charge in [0.1, 0.15) is 0 Å². The molecule has 1 aromatic heterocycles. The first-order chi connectivity index (χ1) is 17.8.